The minimum absolute atomic E-state index is 0.310. The number of aromatic nitrogens is 2. The van der Waals surface area contributed by atoms with E-state index in [1.54, 1.807) is 0 Å². The molecule has 6 nitrogen and oxygen atoms in total. The fourth-order valence-electron chi connectivity index (χ4n) is 0.707. The summed E-state index contributed by atoms with van der Waals surface area (Å²) in [5.74, 6) is -1.33. The molecule has 0 bridgehead atoms. The quantitative estimate of drug-likeness (QED) is 0.498. The lowest BCUT2D eigenvalue weighted by Crippen LogP contribution is -2.28. The second-order valence-corrected chi connectivity index (χ2v) is 2.21. The van der Waals surface area contributed by atoms with Gasteiger partial charge in [0.15, 0.2) is 11.2 Å². The monoisotopic (exact) mass is 169 g/mol. The second kappa shape index (κ2) is 2.65. The molecule has 0 radical (unpaired) electrons. The highest BCUT2D eigenvalue weighted by Gasteiger charge is 2.10. The van der Waals surface area contributed by atoms with E-state index in [1.807, 2.05) is 0 Å². The third-order valence-corrected chi connectivity index (χ3v) is 1.35. The molecule has 0 saturated heterocycles. The number of carboxylic acid groups (broad SMARTS) is 1. The highest BCUT2D eigenvalue weighted by atomic mass is 16.5. The largest absolute Gasteiger partial charge is 0.476 e. The van der Waals surface area contributed by atoms with Crippen molar-refractivity contribution in [3.05, 3.63) is 23.1 Å². The number of aromatic carboxylic acids is 1. The highest BCUT2D eigenvalue weighted by Crippen LogP contribution is 1.90. The first-order valence-corrected chi connectivity index (χ1v) is 3.10. The average molecular weight is 169 g/mol. The van der Waals surface area contributed by atoms with Gasteiger partial charge in [-0.05, 0) is 6.92 Å². The molecule has 0 aliphatic heterocycles. The van der Waals surface area contributed by atoms with E-state index >= 15 is 0 Å². The standard InChI is InChI=1S/C6H7N3O3/c1-3-2-8-4(6(10)11)5(7)9(3)12/h2,7,12H,1H3,(H,10,11). The van der Waals surface area contributed by atoms with Gasteiger partial charge in [0, 0.05) is 0 Å². The van der Waals surface area contributed by atoms with E-state index in [0.717, 1.165) is 0 Å². The Hall–Kier alpha value is -1.85. The van der Waals surface area contributed by atoms with E-state index in [-0.39, 0.29) is 0 Å². The molecule has 6 heteroatoms. The van der Waals surface area contributed by atoms with Crippen molar-refractivity contribution in [2.45, 2.75) is 6.92 Å². The summed E-state index contributed by atoms with van der Waals surface area (Å²) in [4.78, 5) is 13.8. The molecular formula is C6H7N3O3. The van der Waals surface area contributed by atoms with Crippen LogP contribution < -0.4 is 5.49 Å². The Morgan fingerprint density at radius 3 is 2.83 bits per heavy atom. The van der Waals surface area contributed by atoms with E-state index in [4.69, 9.17) is 15.7 Å². The van der Waals surface area contributed by atoms with Crippen LogP contribution >= 0.6 is 0 Å². The minimum atomic E-state index is -1.33. The van der Waals surface area contributed by atoms with Gasteiger partial charge in [0.1, 0.15) is 0 Å². The van der Waals surface area contributed by atoms with Gasteiger partial charge in [-0.15, -0.1) is 0 Å². The predicted molar refractivity (Wildman–Crippen MR) is 37.0 cm³/mol. The molecule has 0 saturated carbocycles. The van der Waals surface area contributed by atoms with Crippen LogP contribution in [0.15, 0.2) is 6.20 Å². The Morgan fingerprint density at radius 2 is 2.33 bits per heavy atom. The summed E-state index contributed by atoms with van der Waals surface area (Å²) < 4.78 is 0.469. The van der Waals surface area contributed by atoms with Crippen molar-refractivity contribution in [2.75, 3.05) is 0 Å². The first-order valence-electron chi connectivity index (χ1n) is 3.10. The van der Waals surface area contributed by atoms with Gasteiger partial charge in [0.25, 0.3) is 0 Å². The highest BCUT2D eigenvalue weighted by molar-refractivity contribution is 5.84. The number of rotatable bonds is 1. The van der Waals surface area contributed by atoms with Crippen LogP contribution in [0.1, 0.15) is 16.2 Å². The maximum absolute atomic E-state index is 10.4. The van der Waals surface area contributed by atoms with Crippen molar-refractivity contribution in [3.63, 3.8) is 0 Å². The fraction of sp³-hybridized carbons (Fsp3) is 0.167. The molecule has 0 aliphatic carbocycles. The Labute approximate surface area is 67.2 Å². The molecule has 12 heavy (non-hydrogen) atoms. The lowest BCUT2D eigenvalue weighted by molar-refractivity contribution is 0.0677. The summed E-state index contributed by atoms with van der Waals surface area (Å²) in [6, 6.07) is 0. The van der Waals surface area contributed by atoms with Crippen molar-refractivity contribution in [1.82, 2.24) is 9.71 Å². The SMILES string of the molecule is Cc1cnc(C(=O)O)c(=N)n1O. The van der Waals surface area contributed by atoms with Gasteiger partial charge in [0.05, 0.1) is 11.9 Å². The normalized spacial score (nSPS) is 9.75. The molecule has 1 aromatic rings. The topological polar surface area (TPSA) is 99.2 Å². The summed E-state index contributed by atoms with van der Waals surface area (Å²) in [6.45, 7) is 1.51. The summed E-state index contributed by atoms with van der Waals surface area (Å²) >= 11 is 0. The van der Waals surface area contributed by atoms with Crippen LogP contribution in [0.4, 0.5) is 0 Å². The Balaban J connectivity index is 3.47. The molecule has 1 heterocycles. The molecule has 0 unspecified atom stereocenters. The van der Waals surface area contributed by atoms with Crippen molar-refractivity contribution >= 4 is 5.97 Å². The zero-order valence-corrected chi connectivity index (χ0v) is 6.27. The molecular weight excluding hydrogens is 162 g/mol. The number of hydrogen-bond acceptors (Lipinski definition) is 4. The van der Waals surface area contributed by atoms with Gasteiger partial charge < -0.3 is 10.3 Å². The molecule has 1 aromatic heterocycles. The van der Waals surface area contributed by atoms with Gasteiger partial charge in [-0.3, -0.25) is 5.41 Å². The van der Waals surface area contributed by atoms with Crippen molar-refractivity contribution in [3.8, 4) is 0 Å². The van der Waals surface area contributed by atoms with Crippen LogP contribution in [0.3, 0.4) is 0 Å². The maximum atomic E-state index is 10.4. The van der Waals surface area contributed by atoms with E-state index in [2.05, 4.69) is 4.98 Å². The van der Waals surface area contributed by atoms with Crippen LogP contribution in [0.2, 0.25) is 0 Å². The Morgan fingerprint density at radius 1 is 1.75 bits per heavy atom. The fourth-order valence-corrected chi connectivity index (χ4v) is 0.707. The van der Waals surface area contributed by atoms with Crippen molar-refractivity contribution in [1.29, 1.82) is 5.41 Å². The molecule has 1 rings (SSSR count). The first-order chi connectivity index (χ1) is 5.54. The second-order valence-electron chi connectivity index (χ2n) is 2.21. The molecule has 0 fully saturated rings. The van der Waals surface area contributed by atoms with E-state index in [1.165, 1.54) is 13.1 Å². The number of hydrogen-bond donors (Lipinski definition) is 3. The van der Waals surface area contributed by atoms with Gasteiger partial charge >= 0.3 is 5.97 Å². The zero-order valence-electron chi connectivity index (χ0n) is 6.27. The number of nitrogens with zero attached hydrogens (tertiary/aromatic N) is 2. The van der Waals surface area contributed by atoms with E-state index < -0.39 is 17.2 Å². The molecule has 0 aliphatic rings. The molecule has 3 N–H and O–H groups in total. The van der Waals surface area contributed by atoms with Crippen molar-refractivity contribution in [2.24, 2.45) is 0 Å². The third-order valence-electron chi connectivity index (χ3n) is 1.35. The summed E-state index contributed by atoms with van der Waals surface area (Å²) in [7, 11) is 0. The van der Waals surface area contributed by atoms with Gasteiger partial charge in [0.2, 0.25) is 0 Å². The maximum Gasteiger partial charge on any atom is 0.358 e. The van der Waals surface area contributed by atoms with Crippen LogP contribution in [0.5, 0.6) is 0 Å². The lowest BCUT2D eigenvalue weighted by Gasteiger charge is -2.02. The molecule has 0 spiro atoms. The predicted octanol–water partition coefficient (Wildman–Crippen LogP) is -0.394. The molecule has 0 atom stereocenters. The smallest absolute Gasteiger partial charge is 0.358 e. The van der Waals surface area contributed by atoms with E-state index in [9.17, 15) is 4.79 Å². The van der Waals surface area contributed by atoms with Gasteiger partial charge in [-0.2, -0.15) is 4.73 Å². The first kappa shape index (κ1) is 8.25. The third kappa shape index (κ3) is 1.14. The Bertz CT molecular complexity index is 382. The van der Waals surface area contributed by atoms with Crippen LogP contribution in [-0.2, 0) is 0 Å². The molecule has 64 valence electrons. The molecule has 0 aromatic carbocycles. The van der Waals surface area contributed by atoms with Crippen molar-refractivity contribution < 1.29 is 15.1 Å². The lowest BCUT2D eigenvalue weighted by atomic mass is 10.4. The number of carboxylic acids is 1. The van der Waals surface area contributed by atoms with Crippen LogP contribution in [0.25, 0.3) is 0 Å². The summed E-state index contributed by atoms with van der Waals surface area (Å²) in [5.41, 5.74) is -0.685. The number of carbonyl (C=O) groups is 1. The minimum Gasteiger partial charge on any atom is -0.476 e. The number of nitrogens with one attached hydrogen (secondary N) is 1. The van der Waals surface area contributed by atoms with Crippen LogP contribution in [-0.4, -0.2) is 26.0 Å². The molecule has 0 amide bonds. The zero-order chi connectivity index (χ0) is 9.30. The Kier molecular flexibility index (Phi) is 1.82. The van der Waals surface area contributed by atoms with Gasteiger partial charge in [-0.1, -0.05) is 0 Å². The van der Waals surface area contributed by atoms with Crippen LogP contribution in [0, 0.1) is 12.3 Å². The van der Waals surface area contributed by atoms with E-state index in [0.29, 0.717) is 10.4 Å². The number of aryl methyl sites for hydroxylation is 1. The average Bonchev–Trinajstić information content (AvgIpc) is 2.00. The summed E-state index contributed by atoms with van der Waals surface area (Å²) in [6.07, 6.45) is 1.18. The summed E-state index contributed by atoms with van der Waals surface area (Å²) in [5, 5.41) is 24.7. The van der Waals surface area contributed by atoms with Gasteiger partial charge in [-0.25, -0.2) is 9.78 Å².